The molecule has 158 valence electrons. The average molecular weight is 420 g/mol. The molecule has 0 unspecified atom stereocenters. The SMILES string of the molecule is O=C(O)c1ccc2c(c1)[C@@H]1[C@H]3CC[C@@H](C3)[C@@H]1[C@H](c1c3ccccc3cc3ccccc13)N2. The number of fused-ring (bicyclic) bond motifs is 9. The lowest BCUT2D eigenvalue weighted by Gasteiger charge is -2.44. The van der Waals surface area contributed by atoms with E-state index >= 15 is 0 Å². The molecule has 4 aromatic carbocycles. The van der Waals surface area contributed by atoms with Crippen molar-refractivity contribution in [2.45, 2.75) is 31.2 Å². The molecule has 7 rings (SSSR count). The van der Waals surface area contributed by atoms with Gasteiger partial charge in [0, 0.05) is 5.69 Å². The second kappa shape index (κ2) is 6.59. The minimum atomic E-state index is -0.838. The molecule has 0 spiro atoms. The summed E-state index contributed by atoms with van der Waals surface area (Å²) in [6.45, 7) is 0. The van der Waals surface area contributed by atoms with Crippen LogP contribution >= 0.6 is 0 Å². The van der Waals surface area contributed by atoms with Crippen molar-refractivity contribution in [2.24, 2.45) is 17.8 Å². The molecular weight excluding hydrogens is 394 g/mol. The number of aromatic carboxylic acids is 1. The first-order valence-corrected chi connectivity index (χ1v) is 11.7. The van der Waals surface area contributed by atoms with Crippen molar-refractivity contribution in [3.8, 4) is 0 Å². The highest BCUT2D eigenvalue weighted by atomic mass is 16.4. The van der Waals surface area contributed by atoms with Crippen LogP contribution in [0.2, 0.25) is 0 Å². The summed E-state index contributed by atoms with van der Waals surface area (Å²) < 4.78 is 0. The number of rotatable bonds is 2. The van der Waals surface area contributed by atoms with Crippen LogP contribution in [0.5, 0.6) is 0 Å². The highest BCUT2D eigenvalue weighted by Gasteiger charge is 2.54. The highest BCUT2D eigenvalue weighted by Crippen LogP contribution is 2.64. The number of carbonyl (C=O) groups is 1. The molecule has 2 saturated carbocycles. The zero-order chi connectivity index (χ0) is 21.4. The van der Waals surface area contributed by atoms with Gasteiger partial charge in [0.1, 0.15) is 0 Å². The molecule has 5 atom stereocenters. The van der Waals surface area contributed by atoms with Gasteiger partial charge in [-0.3, -0.25) is 0 Å². The van der Waals surface area contributed by atoms with E-state index in [1.807, 2.05) is 12.1 Å². The highest BCUT2D eigenvalue weighted by molar-refractivity contribution is 6.03. The van der Waals surface area contributed by atoms with Crippen LogP contribution in [0.3, 0.4) is 0 Å². The summed E-state index contributed by atoms with van der Waals surface area (Å²) in [5, 5.41) is 18.8. The molecule has 4 aromatic rings. The summed E-state index contributed by atoms with van der Waals surface area (Å²) in [6, 6.07) is 25.8. The van der Waals surface area contributed by atoms with Crippen LogP contribution in [-0.4, -0.2) is 11.1 Å². The van der Waals surface area contributed by atoms with Gasteiger partial charge in [0.25, 0.3) is 0 Å². The number of carboxylic acid groups (broad SMARTS) is 1. The minimum Gasteiger partial charge on any atom is -0.478 e. The second-order valence-corrected chi connectivity index (χ2v) is 9.90. The lowest BCUT2D eigenvalue weighted by Crippen LogP contribution is -2.35. The van der Waals surface area contributed by atoms with Gasteiger partial charge < -0.3 is 10.4 Å². The third-order valence-corrected chi connectivity index (χ3v) is 8.46. The summed E-state index contributed by atoms with van der Waals surface area (Å²) in [7, 11) is 0. The second-order valence-electron chi connectivity index (χ2n) is 9.90. The molecule has 1 aliphatic heterocycles. The molecular formula is C29H25NO2. The van der Waals surface area contributed by atoms with Crippen LogP contribution < -0.4 is 5.32 Å². The Morgan fingerprint density at radius 1 is 0.844 bits per heavy atom. The molecule has 0 saturated heterocycles. The largest absolute Gasteiger partial charge is 0.478 e. The number of anilines is 1. The normalized spacial score (nSPS) is 27.8. The van der Waals surface area contributed by atoms with E-state index in [-0.39, 0.29) is 6.04 Å². The van der Waals surface area contributed by atoms with Crippen LogP contribution in [0.4, 0.5) is 5.69 Å². The summed E-state index contributed by atoms with van der Waals surface area (Å²) in [6.07, 6.45) is 3.83. The van der Waals surface area contributed by atoms with Gasteiger partial charge in [0.15, 0.2) is 0 Å². The van der Waals surface area contributed by atoms with Crippen LogP contribution in [0, 0.1) is 17.8 Å². The molecule has 3 heteroatoms. The van der Waals surface area contributed by atoms with Gasteiger partial charge >= 0.3 is 5.97 Å². The number of hydrogen-bond donors (Lipinski definition) is 2. The van der Waals surface area contributed by atoms with E-state index in [1.54, 1.807) is 6.07 Å². The molecule has 1 heterocycles. The van der Waals surface area contributed by atoms with Gasteiger partial charge in [-0.15, -0.1) is 0 Å². The first kappa shape index (κ1) is 18.3. The van der Waals surface area contributed by atoms with Gasteiger partial charge in [0.05, 0.1) is 11.6 Å². The van der Waals surface area contributed by atoms with Crippen molar-refractivity contribution >= 4 is 33.2 Å². The molecule has 2 N–H and O–H groups in total. The van der Waals surface area contributed by atoms with Gasteiger partial charge in [0.2, 0.25) is 0 Å². The summed E-state index contributed by atoms with van der Waals surface area (Å²) in [5.41, 5.74) is 4.16. The molecule has 2 bridgehead atoms. The minimum absolute atomic E-state index is 0.231. The zero-order valence-electron chi connectivity index (χ0n) is 17.8. The average Bonchev–Trinajstić information content (AvgIpc) is 3.44. The number of carboxylic acids is 1. The Hall–Kier alpha value is -3.33. The van der Waals surface area contributed by atoms with Crippen LogP contribution in [-0.2, 0) is 0 Å². The topological polar surface area (TPSA) is 49.3 Å². The molecule has 3 aliphatic rings. The van der Waals surface area contributed by atoms with Gasteiger partial charge in [-0.25, -0.2) is 4.79 Å². The van der Waals surface area contributed by atoms with E-state index < -0.39 is 5.97 Å². The third kappa shape index (κ3) is 2.45. The summed E-state index contributed by atoms with van der Waals surface area (Å²) in [4.78, 5) is 11.7. The first-order chi connectivity index (χ1) is 15.7. The maximum Gasteiger partial charge on any atom is 0.335 e. The number of benzene rings is 4. The lowest BCUT2D eigenvalue weighted by atomic mass is 9.67. The predicted octanol–water partition coefficient (Wildman–Crippen LogP) is 6.99. The van der Waals surface area contributed by atoms with E-state index in [0.717, 1.165) is 5.69 Å². The quantitative estimate of drug-likeness (QED) is 0.344. The van der Waals surface area contributed by atoms with Crippen molar-refractivity contribution in [2.75, 3.05) is 5.32 Å². The Kier molecular flexibility index (Phi) is 3.76. The van der Waals surface area contributed by atoms with Gasteiger partial charge in [-0.05, 0) is 99.9 Å². The maximum atomic E-state index is 11.7. The fourth-order valence-corrected chi connectivity index (χ4v) is 7.29. The lowest BCUT2D eigenvalue weighted by molar-refractivity contribution is 0.0696. The standard InChI is InChI=1S/C29H25NO2/c31-29(32)20-11-12-24-23(15-20)25-18-9-10-19(14-18)26(25)28(30-24)27-21-7-3-1-5-16(21)13-17-6-2-4-8-22(17)27/h1-8,11-13,15,18-19,25-26,28,30H,9-10,14H2,(H,31,32)/t18-,19-,25-,26-,28+/m0/s1. The number of nitrogens with one attached hydrogen (secondary N) is 1. The Morgan fingerprint density at radius 3 is 2.25 bits per heavy atom. The van der Waals surface area contributed by atoms with E-state index in [4.69, 9.17) is 0 Å². The monoisotopic (exact) mass is 419 g/mol. The van der Waals surface area contributed by atoms with Crippen molar-refractivity contribution in [1.29, 1.82) is 0 Å². The predicted molar refractivity (Wildman–Crippen MR) is 128 cm³/mol. The van der Waals surface area contributed by atoms with E-state index in [2.05, 4.69) is 59.9 Å². The molecule has 0 aromatic heterocycles. The molecule has 0 amide bonds. The molecule has 3 nitrogen and oxygen atoms in total. The van der Waals surface area contributed by atoms with E-state index in [9.17, 15) is 9.90 Å². The Morgan fingerprint density at radius 2 is 1.53 bits per heavy atom. The van der Waals surface area contributed by atoms with Gasteiger partial charge in [-0.2, -0.15) is 0 Å². The van der Waals surface area contributed by atoms with Crippen molar-refractivity contribution in [1.82, 2.24) is 0 Å². The fourth-order valence-electron chi connectivity index (χ4n) is 7.29. The Balaban J connectivity index is 1.50. The Labute approximate surface area is 187 Å². The summed E-state index contributed by atoms with van der Waals surface area (Å²) in [5.74, 6) is 1.46. The van der Waals surface area contributed by atoms with Crippen LogP contribution in [0.1, 0.15) is 52.7 Å². The fraction of sp³-hybridized carbons (Fsp3) is 0.276. The smallest absolute Gasteiger partial charge is 0.335 e. The zero-order valence-corrected chi connectivity index (χ0v) is 17.8. The third-order valence-electron chi connectivity index (χ3n) is 8.46. The van der Waals surface area contributed by atoms with Crippen molar-refractivity contribution < 1.29 is 9.90 Å². The molecule has 2 aliphatic carbocycles. The van der Waals surface area contributed by atoms with E-state index in [1.165, 1.54) is 51.9 Å². The van der Waals surface area contributed by atoms with Crippen LogP contribution in [0.15, 0.2) is 72.8 Å². The van der Waals surface area contributed by atoms with Crippen LogP contribution in [0.25, 0.3) is 21.5 Å². The van der Waals surface area contributed by atoms with Crippen molar-refractivity contribution in [3.63, 3.8) is 0 Å². The van der Waals surface area contributed by atoms with Crippen molar-refractivity contribution in [3.05, 3.63) is 89.5 Å². The number of hydrogen-bond acceptors (Lipinski definition) is 2. The molecule has 2 fully saturated rings. The molecule has 0 radical (unpaired) electrons. The Bertz CT molecular complexity index is 1350. The molecule has 32 heavy (non-hydrogen) atoms. The summed E-state index contributed by atoms with van der Waals surface area (Å²) >= 11 is 0. The van der Waals surface area contributed by atoms with Gasteiger partial charge in [-0.1, -0.05) is 48.5 Å². The van der Waals surface area contributed by atoms with E-state index in [0.29, 0.717) is 29.2 Å². The maximum absolute atomic E-state index is 11.7. The first-order valence-electron chi connectivity index (χ1n) is 11.7.